The van der Waals surface area contributed by atoms with E-state index >= 15 is 0 Å². The maximum atomic E-state index is 13.0. The molecule has 0 atom stereocenters. The Morgan fingerprint density at radius 1 is 0.970 bits per heavy atom. The summed E-state index contributed by atoms with van der Waals surface area (Å²) in [7, 11) is 0. The fourth-order valence-electron chi connectivity index (χ4n) is 4.12. The standard InChI is InChI=1S/C26H27N3O4/c1-16-8-7-13-20(17(16)2)29-23(30)14-27-24(31)15-33-26(32)25-18-9-3-5-11-21(18)28-22-12-6-4-10-19(22)25/h3,5,7-9,11,13H,4,6,10,12,14-15H2,1-2H3,(H,27,31)(H,29,30). The number of benzene rings is 2. The third-order valence-electron chi connectivity index (χ3n) is 6.03. The number of nitrogens with one attached hydrogen (secondary N) is 2. The summed E-state index contributed by atoms with van der Waals surface area (Å²) >= 11 is 0. The van der Waals surface area contributed by atoms with Crippen molar-refractivity contribution in [3.8, 4) is 0 Å². The van der Waals surface area contributed by atoms with Crippen LogP contribution in [0.5, 0.6) is 0 Å². The number of carbonyl (C=O) groups is 3. The number of nitrogens with zero attached hydrogens (tertiary/aromatic N) is 1. The lowest BCUT2D eigenvalue weighted by Crippen LogP contribution is -2.35. The Bertz CT molecular complexity index is 1240. The molecule has 0 saturated carbocycles. The lowest BCUT2D eigenvalue weighted by atomic mass is 9.90. The molecule has 1 aromatic heterocycles. The van der Waals surface area contributed by atoms with Gasteiger partial charge in [0.1, 0.15) is 0 Å². The number of ether oxygens (including phenoxy) is 1. The molecule has 2 aromatic carbocycles. The van der Waals surface area contributed by atoms with Crippen molar-refractivity contribution < 1.29 is 19.1 Å². The zero-order chi connectivity index (χ0) is 23.4. The molecule has 7 heteroatoms. The van der Waals surface area contributed by atoms with Crippen molar-refractivity contribution in [3.05, 3.63) is 70.4 Å². The lowest BCUT2D eigenvalue weighted by molar-refractivity contribution is -0.126. The Kier molecular flexibility index (Phi) is 6.68. The number of aryl methyl sites for hydroxylation is 2. The van der Waals surface area contributed by atoms with Crippen molar-refractivity contribution in [1.29, 1.82) is 0 Å². The molecule has 3 aromatic rings. The van der Waals surface area contributed by atoms with Gasteiger partial charge in [0.25, 0.3) is 5.91 Å². The van der Waals surface area contributed by atoms with Crippen LogP contribution >= 0.6 is 0 Å². The SMILES string of the molecule is Cc1cccc(NC(=O)CNC(=O)COC(=O)c2c3c(nc4ccccc24)CCCC3)c1C. The summed E-state index contributed by atoms with van der Waals surface area (Å²) in [5.74, 6) is -1.42. The minimum atomic E-state index is -0.540. The summed E-state index contributed by atoms with van der Waals surface area (Å²) in [5.41, 5.74) is 5.83. The van der Waals surface area contributed by atoms with Crippen molar-refractivity contribution in [2.45, 2.75) is 39.5 Å². The first-order valence-corrected chi connectivity index (χ1v) is 11.1. The quantitative estimate of drug-likeness (QED) is 0.565. The summed E-state index contributed by atoms with van der Waals surface area (Å²) in [6.07, 6.45) is 3.63. The fourth-order valence-corrected chi connectivity index (χ4v) is 4.12. The molecule has 0 aliphatic heterocycles. The number of pyridine rings is 1. The van der Waals surface area contributed by atoms with Crippen molar-refractivity contribution in [2.24, 2.45) is 0 Å². The highest BCUT2D eigenvalue weighted by atomic mass is 16.5. The van der Waals surface area contributed by atoms with Gasteiger partial charge in [-0.15, -0.1) is 0 Å². The predicted molar refractivity (Wildman–Crippen MR) is 126 cm³/mol. The molecule has 170 valence electrons. The third-order valence-corrected chi connectivity index (χ3v) is 6.03. The fraction of sp³-hybridized carbons (Fsp3) is 0.308. The van der Waals surface area contributed by atoms with Crippen LogP contribution in [0.2, 0.25) is 0 Å². The normalized spacial score (nSPS) is 12.7. The zero-order valence-electron chi connectivity index (χ0n) is 18.9. The van der Waals surface area contributed by atoms with E-state index in [-0.39, 0.29) is 12.5 Å². The first kappa shape index (κ1) is 22.5. The topological polar surface area (TPSA) is 97.4 Å². The van der Waals surface area contributed by atoms with Gasteiger partial charge in [-0.05, 0) is 68.4 Å². The minimum Gasteiger partial charge on any atom is -0.452 e. The van der Waals surface area contributed by atoms with Crippen molar-refractivity contribution in [1.82, 2.24) is 10.3 Å². The average molecular weight is 446 g/mol. The first-order chi connectivity index (χ1) is 15.9. The van der Waals surface area contributed by atoms with Crippen LogP contribution in [0.3, 0.4) is 0 Å². The maximum Gasteiger partial charge on any atom is 0.339 e. The highest BCUT2D eigenvalue weighted by Crippen LogP contribution is 2.29. The largest absolute Gasteiger partial charge is 0.452 e. The van der Waals surface area contributed by atoms with E-state index in [4.69, 9.17) is 9.72 Å². The Balaban J connectivity index is 1.37. The Hall–Kier alpha value is -3.74. The van der Waals surface area contributed by atoms with E-state index in [0.717, 1.165) is 59.0 Å². The number of esters is 1. The summed E-state index contributed by atoms with van der Waals surface area (Å²) in [6.45, 7) is 3.22. The number of fused-ring (bicyclic) bond motifs is 2. The molecule has 0 fully saturated rings. The second-order valence-corrected chi connectivity index (χ2v) is 8.28. The molecule has 1 aliphatic carbocycles. The smallest absolute Gasteiger partial charge is 0.339 e. The van der Waals surface area contributed by atoms with Gasteiger partial charge in [-0.3, -0.25) is 14.6 Å². The van der Waals surface area contributed by atoms with E-state index in [0.29, 0.717) is 11.3 Å². The van der Waals surface area contributed by atoms with Crippen LogP contribution in [0.25, 0.3) is 10.9 Å². The number of hydrogen-bond acceptors (Lipinski definition) is 5. The number of hydrogen-bond donors (Lipinski definition) is 2. The molecule has 0 unspecified atom stereocenters. The summed E-state index contributed by atoms with van der Waals surface area (Å²) < 4.78 is 5.34. The summed E-state index contributed by atoms with van der Waals surface area (Å²) in [4.78, 5) is 42.1. The van der Waals surface area contributed by atoms with Crippen LogP contribution in [0.4, 0.5) is 5.69 Å². The Morgan fingerprint density at radius 3 is 2.61 bits per heavy atom. The van der Waals surface area contributed by atoms with Crippen molar-refractivity contribution in [3.63, 3.8) is 0 Å². The van der Waals surface area contributed by atoms with E-state index in [1.807, 2.05) is 56.3 Å². The van der Waals surface area contributed by atoms with Gasteiger partial charge >= 0.3 is 5.97 Å². The second-order valence-electron chi connectivity index (χ2n) is 8.28. The molecule has 7 nitrogen and oxygen atoms in total. The zero-order valence-corrected chi connectivity index (χ0v) is 18.9. The number of para-hydroxylation sites is 1. The van der Waals surface area contributed by atoms with E-state index in [2.05, 4.69) is 10.6 Å². The molecular weight excluding hydrogens is 418 g/mol. The van der Waals surface area contributed by atoms with Gasteiger partial charge in [0.15, 0.2) is 6.61 Å². The number of carbonyl (C=O) groups excluding carboxylic acids is 3. The number of rotatable bonds is 6. The Morgan fingerprint density at radius 2 is 1.76 bits per heavy atom. The average Bonchev–Trinajstić information content (AvgIpc) is 2.82. The van der Waals surface area contributed by atoms with Crippen LogP contribution in [-0.2, 0) is 27.2 Å². The van der Waals surface area contributed by atoms with Crippen LogP contribution in [0, 0.1) is 13.8 Å². The van der Waals surface area contributed by atoms with Crippen molar-refractivity contribution >= 4 is 34.4 Å². The van der Waals surface area contributed by atoms with Crippen LogP contribution < -0.4 is 10.6 Å². The second kappa shape index (κ2) is 9.81. The molecule has 4 rings (SSSR count). The summed E-state index contributed by atoms with van der Waals surface area (Å²) in [6, 6.07) is 13.1. The van der Waals surface area contributed by atoms with Crippen molar-refractivity contribution in [2.75, 3.05) is 18.5 Å². The monoisotopic (exact) mass is 445 g/mol. The summed E-state index contributed by atoms with van der Waals surface area (Å²) in [5, 5.41) is 6.02. The molecule has 1 aliphatic rings. The Labute approximate surface area is 192 Å². The third kappa shape index (κ3) is 5.03. The molecule has 0 radical (unpaired) electrons. The predicted octanol–water partition coefficient (Wildman–Crippen LogP) is 3.64. The van der Waals surface area contributed by atoms with Gasteiger partial charge in [-0.25, -0.2) is 4.79 Å². The van der Waals surface area contributed by atoms with E-state index < -0.39 is 18.5 Å². The molecule has 0 spiro atoms. The number of amides is 2. The molecule has 0 saturated heterocycles. The highest BCUT2D eigenvalue weighted by molar-refractivity contribution is 6.05. The molecule has 0 bridgehead atoms. The van der Waals surface area contributed by atoms with Crippen LogP contribution in [0.15, 0.2) is 42.5 Å². The van der Waals surface area contributed by atoms with Gasteiger partial charge < -0.3 is 15.4 Å². The van der Waals surface area contributed by atoms with Crippen LogP contribution in [0.1, 0.15) is 45.6 Å². The molecule has 1 heterocycles. The number of anilines is 1. The van der Waals surface area contributed by atoms with Gasteiger partial charge in [-0.1, -0.05) is 30.3 Å². The first-order valence-electron chi connectivity index (χ1n) is 11.1. The number of aromatic nitrogens is 1. The van der Waals surface area contributed by atoms with Gasteiger partial charge in [0.05, 0.1) is 17.6 Å². The highest BCUT2D eigenvalue weighted by Gasteiger charge is 2.24. The van der Waals surface area contributed by atoms with Gasteiger partial charge in [0, 0.05) is 16.8 Å². The van der Waals surface area contributed by atoms with E-state index in [1.54, 1.807) is 0 Å². The van der Waals surface area contributed by atoms with Gasteiger partial charge in [-0.2, -0.15) is 0 Å². The van der Waals surface area contributed by atoms with Crippen LogP contribution in [-0.4, -0.2) is 35.9 Å². The van der Waals surface area contributed by atoms with E-state index in [9.17, 15) is 14.4 Å². The molecule has 33 heavy (non-hydrogen) atoms. The molecule has 2 N–H and O–H groups in total. The molecular formula is C26H27N3O4. The maximum absolute atomic E-state index is 13.0. The minimum absolute atomic E-state index is 0.211. The lowest BCUT2D eigenvalue weighted by Gasteiger charge is -2.19. The molecule has 2 amide bonds. The van der Waals surface area contributed by atoms with Gasteiger partial charge in [0.2, 0.25) is 5.91 Å². The van der Waals surface area contributed by atoms with E-state index in [1.165, 1.54) is 0 Å².